The van der Waals surface area contributed by atoms with Crippen LogP contribution in [0.15, 0.2) is 42.9 Å². The molecule has 3 atom stereocenters. The predicted octanol–water partition coefficient (Wildman–Crippen LogP) is 4.65. The Morgan fingerprint density at radius 1 is 0.984 bits per heavy atom. The van der Waals surface area contributed by atoms with Crippen molar-refractivity contribution < 1.29 is 32.3 Å². The average Bonchev–Trinajstić information content (AvgIpc) is 3.96. The zero-order valence-corrected chi connectivity index (χ0v) is 34.9. The molecule has 3 aliphatic heterocycles. The van der Waals surface area contributed by atoms with Gasteiger partial charge in [0, 0.05) is 68.9 Å². The molecule has 330 valence electrons. The molecule has 4 fully saturated rings. The van der Waals surface area contributed by atoms with E-state index >= 15 is 0 Å². The van der Waals surface area contributed by atoms with Crippen molar-refractivity contribution in [3.05, 3.63) is 59.8 Å². The molecular weight excluding hydrogens is 831 g/mol. The van der Waals surface area contributed by atoms with Crippen LogP contribution in [0.2, 0.25) is 0 Å². The number of aryl methyl sites for hydroxylation is 1. The smallest absolute Gasteiger partial charge is 0.284 e. The van der Waals surface area contributed by atoms with E-state index < -0.39 is 30.1 Å². The average molecular weight is 880 g/mol. The number of hydrogen-bond donors (Lipinski definition) is 4. The molecule has 4 amide bonds. The highest BCUT2D eigenvalue weighted by Gasteiger charge is 2.35. The number of nitrogens with one attached hydrogen (secondary N) is 3. The molecule has 17 nitrogen and oxygen atoms in total. The molecular formula is C41H49ClF3N13O4. The van der Waals surface area contributed by atoms with Gasteiger partial charge in [-0.3, -0.25) is 33.9 Å². The van der Waals surface area contributed by atoms with Crippen molar-refractivity contribution in [3.63, 3.8) is 0 Å². The lowest BCUT2D eigenvalue weighted by atomic mass is 9.84. The molecule has 4 aromatic heterocycles. The molecule has 9 rings (SSSR count). The second-order valence-electron chi connectivity index (χ2n) is 16.7. The first-order valence-corrected chi connectivity index (χ1v) is 20.9. The van der Waals surface area contributed by atoms with Crippen molar-refractivity contribution >= 4 is 69.8 Å². The molecule has 62 heavy (non-hydrogen) atoms. The molecule has 1 saturated carbocycles. The minimum absolute atomic E-state index is 0. The largest absolute Gasteiger partial charge is 0.380 e. The number of piperidine rings is 3. The number of amides is 4. The number of carbonyl (C=O) groups is 4. The molecule has 7 heterocycles. The van der Waals surface area contributed by atoms with Crippen LogP contribution in [-0.2, 0) is 21.4 Å². The van der Waals surface area contributed by atoms with E-state index in [1.807, 2.05) is 30.1 Å². The Kier molecular flexibility index (Phi) is 12.1. The molecule has 5 N–H and O–H groups in total. The number of hydrogen-bond acceptors (Lipinski definition) is 11. The summed E-state index contributed by atoms with van der Waals surface area (Å²) in [6, 6.07) is 7.03. The van der Waals surface area contributed by atoms with Gasteiger partial charge in [0.25, 0.3) is 12.3 Å². The molecule has 5 aromatic rings. The summed E-state index contributed by atoms with van der Waals surface area (Å²) >= 11 is 0. The van der Waals surface area contributed by atoms with Crippen molar-refractivity contribution in [2.75, 3.05) is 41.7 Å². The van der Waals surface area contributed by atoms with Gasteiger partial charge in [-0.2, -0.15) is 15.3 Å². The predicted molar refractivity (Wildman–Crippen MR) is 225 cm³/mol. The van der Waals surface area contributed by atoms with E-state index in [-0.39, 0.29) is 90.5 Å². The number of likely N-dealkylation sites (tertiary alicyclic amines) is 1. The van der Waals surface area contributed by atoms with E-state index in [4.69, 9.17) is 10.8 Å². The minimum Gasteiger partial charge on any atom is -0.380 e. The molecule has 0 bridgehead atoms. The van der Waals surface area contributed by atoms with Crippen molar-refractivity contribution in [1.29, 1.82) is 0 Å². The van der Waals surface area contributed by atoms with Gasteiger partial charge in [-0.15, -0.1) is 12.4 Å². The van der Waals surface area contributed by atoms with E-state index in [1.165, 1.54) is 21.6 Å². The van der Waals surface area contributed by atoms with Crippen LogP contribution in [0.4, 0.5) is 30.4 Å². The van der Waals surface area contributed by atoms with Crippen molar-refractivity contribution in [1.82, 2.24) is 44.4 Å². The summed E-state index contributed by atoms with van der Waals surface area (Å²) in [5.74, 6) is -1.45. The van der Waals surface area contributed by atoms with Gasteiger partial charge in [-0.25, -0.2) is 22.7 Å². The lowest BCUT2D eigenvalue weighted by molar-refractivity contribution is -0.138. The first kappa shape index (κ1) is 42.9. The van der Waals surface area contributed by atoms with Gasteiger partial charge in [0.05, 0.1) is 47.3 Å². The lowest BCUT2D eigenvalue weighted by Gasteiger charge is -2.37. The van der Waals surface area contributed by atoms with Crippen LogP contribution in [0.25, 0.3) is 16.6 Å². The van der Waals surface area contributed by atoms with Crippen LogP contribution in [0.5, 0.6) is 0 Å². The van der Waals surface area contributed by atoms with Gasteiger partial charge in [0.15, 0.2) is 11.3 Å². The van der Waals surface area contributed by atoms with Crippen molar-refractivity contribution in [2.24, 2.45) is 18.7 Å². The van der Waals surface area contributed by atoms with E-state index in [9.17, 15) is 32.3 Å². The number of anilines is 3. The van der Waals surface area contributed by atoms with Gasteiger partial charge in [-0.1, -0.05) is 12.1 Å². The molecule has 3 saturated heterocycles. The highest BCUT2D eigenvalue weighted by molar-refractivity contribution is 6.08. The molecule has 0 radical (unpaired) electrons. The maximum atomic E-state index is 14.3. The first-order valence-electron chi connectivity index (χ1n) is 20.9. The Morgan fingerprint density at radius 2 is 1.76 bits per heavy atom. The molecule has 4 aliphatic rings. The summed E-state index contributed by atoms with van der Waals surface area (Å²) in [4.78, 5) is 59.8. The van der Waals surface area contributed by atoms with Crippen LogP contribution in [0.3, 0.4) is 0 Å². The summed E-state index contributed by atoms with van der Waals surface area (Å²) in [6.45, 7) is 1.69. The Balaban J connectivity index is 0.00000529. The van der Waals surface area contributed by atoms with Gasteiger partial charge in [0.2, 0.25) is 17.7 Å². The molecule has 0 spiro atoms. The van der Waals surface area contributed by atoms with Gasteiger partial charge in [-0.05, 0) is 63.5 Å². The number of fused-ring (bicyclic) bond motifs is 2. The van der Waals surface area contributed by atoms with E-state index in [0.29, 0.717) is 63.3 Å². The number of benzene rings is 1. The zero-order chi connectivity index (χ0) is 42.5. The number of nitrogens with two attached hydrogens (primary N) is 1. The molecule has 1 aliphatic carbocycles. The fourth-order valence-corrected chi connectivity index (χ4v) is 9.50. The van der Waals surface area contributed by atoms with Gasteiger partial charge in [0.1, 0.15) is 17.6 Å². The first-order chi connectivity index (χ1) is 29.4. The molecule has 21 heteroatoms. The van der Waals surface area contributed by atoms with Crippen LogP contribution >= 0.6 is 12.4 Å². The summed E-state index contributed by atoms with van der Waals surface area (Å²) in [6.07, 6.45) is 4.95. The van der Waals surface area contributed by atoms with Gasteiger partial charge >= 0.3 is 0 Å². The lowest BCUT2D eigenvalue weighted by Crippen LogP contribution is -2.48. The molecule has 1 aromatic carbocycles. The summed E-state index contributed by atoms with van der Waals surface area (Å²) in [5.41, 5.74) is 8.00. The van der Waals surface area contributed by atoms with Crippen LogP contribution in [0.1, 0.15) is 97.9 Å². The monoisotopic (exact) mass is 879 g/mol. The van der Waals surface area contributed by atoms with Crippen LogP contribution < -0.4 is 26.6 Å². The fourth-order valence-electron chi connectivity index (χ4n) is 9.50. The third kappa shape index (κ3) is 8.41. The second-order valence-corrected chi connectivity index (χ2v) is 16.7. The number of aromatic nitrogens is 7. The maximum absolute atomic E-state index is 14.3. The Morgan fingerprint density at radius 3 is 2.48 bits per heavy atom. The van der Waals surface area contributed by atoms with E-state index in [0.717, 1.165) is 29.4 Å². The third-order valence-electron chi connectivity index (χ3n) is 12.6. The summed E-state index contributed by atoms with van der Waals surface area (Å²) in [5, 5.41) is 22.6. The minimum atomic E-state index is -2.95. The normalized spacial score (nSPS) is 23.7. The van der Waals surface area contributed by atoms with Crippen LogP contribution in [0, 0.1) is 5.92 Å². The highest BCUT2D eigenvalue weighted by atomic mass is 35.5. The number of halogens is 4. The number of nitrogens with zero attached hydrogens (tertiary/aromatic N) is 9. The maximum Gasteiger partial charge on any atom is 0.284 e. The van der Waals surface area contributed by atoms with E-state index in [1.54, 1.807) is 21.8 Å². The standard InChI is InChI=1S/C41H48F3N13O4.ClH/c1-53-36-27(34(51-53)28-9-10-33(58)50-39(28)59)3-2-4-30(36)47-25-11-14-54(15-12-25)41(61)22-5-7-26(8-6-22)57-21-31(35(52-57)37(43)44)48-40(60)29-18-46-56-16-13-32(49-38(29)56)55-19-23(42)17-24(45)20-55;/h2-4,13,16,18,21-26,28,37,47H,5-12,14-15,17,19-20,45H2,1H3,(H,48,60)(H,50,58,59);1H/t22?,23-,24-,26?,28?;/m1./s1. The third-order valence-corrected chi connectivity index (χ3v) is 12.6. The van der Waals surface area contributed by atoms with Crippen molar-refractivity contribution in [3.8, 4) is 0 Å². The Labute approximate surface area is 360 Å². The number of para-hydroxylation sites is 1. The second kappa shape index (κ2) is 17.5. The number of alkyl halides is 3. The van der Waals surface area contributed by atoms with Crippen LogP contribution in [-0.4, -0.2) is 107 Å². The highest BCUT2D eigenvalue weighted by Crippen LogP contribution is 2.37. The number of imide groups is 1. The molecule has 1 unspecified atom stereocenters. The topological polar surface area (TPSA) is 203 Å². The quantitative estimate of drug-likeness (QED) is 0.150. The van der Waals surface area contributed by atoms with Crippen molar-refractivity contribution in [2.45, 2.75) is 94.4 Å². The Bertz CT molecular complexity index is 2480. The Hall–Kier alpha value is -5.76. The summed E-state index contributed by atoms with van der Waals surface area (Å²) in [7, 11) is 1.84. The number of carbonyl (C=O) groups excluding carboxylic acids is 4. The fraction of sp³-hybridized carbons (Fsp3) is 0.512. The zero-order valence-electron chi connectivity index (χ0n) is 34.1. The number of rotatable bonds is 9. The SMILES string of the molecule is Cl.Cn1nc(C2CCC(=O)NC2=O)c2cccc(NC3CCN(C(=O)C4CCC(n5cc(NC(=O)c6cnn7ccc(N8C[C@H](N)C[C@@H](F)C8)nc67)c(C(F)F)n5)CC4)CC3)c21. The van der Waals surface area contributed by atoms with E-state index in [2.05, 4.69) is 31.1 Å². The van der Waals surface area contributed by atoms with Gasteiger partial charge < -0.3 is 26.2 Å². The summed E-state index contributed by atoms with van der Waals surface area (Å²) < 4.78 is 47.5.